The summed E-state index contributed by atoms with van der Waals surface area (Å²) in [6.07, 6.45) is 1.43. The fourth-order valence-electron chi connectivity index (χ4n) is 2.92. The van der Waals surface area contributed by atoms with Crippen molar-refractivity contribution < 1.29 is 13.6 Å². The van der Waals surface area contributed by atoms with Gasteiger partial charge in [0.25, 0.3) is 5.91 Å². The second-order valence-electron chi connectivity index (χ2n) is 6.07. The predicted molar refractivity (Wildman–Crippen MR) is 94.0 cm³/mol. The van der Waals surface area contributed by atoms with Gasteiger partial charge in [0.15, 0.2) is 0 Å². The number of rotatable bonds is 6. The molecule has 7 heteroatoms. The summed E-state index contributed by atoms with van der Waals surface area (Å²) in [6.45, 7) is 5.27. The number of hydrogen-bond donors (Lipinski definition) is 2. The molecule has 1 amide bonds. The van der Waals surface area contributed by atoms with Crippen LogP contribution in [0.3, 0.4) is 0 Å². The van der Waals surface area contributed by atoms with E-state index in [9.17, 15) is 9.18 Å². The Morgan fingerprint density at radius 1 is 1.20 bits per heavy atom. The lowest BCUT2D eigenvalue weighted by Crippen LogP contribution is -2.48. The van der Waals surface area contributed by atoms with Crippen molar-refractivity contribution in [2.75, 3.05) is 44.2 Å². The number of halogens is 1. The van der Waals surface area contributed by atoms with E-state index in [0.717, 1.165) is 38.4 Å². The Hall–Kier alpha value is -2.38. The second-order valence-corrected chi connectivity index (χ2v) is 6.07. The molecule has 0 aliphatic carbocycles. The first kappa shape index (κ1) is 17.4. The number of amides is 1. The van der Waals surface area contributed by atoms with Gasteiger partial charge in [-0.1, -0.05) is 0 Å². The van der Waals surface area contributed by atoms with Crippen LogP contribution in [0.4, 0.5) is 10.1 Å². The second kappa shape index (κ2) is 8.13. The predicted octanol–water partition coefficient (Wildman–Crippen LogP) is 1.43. The van der Waals surface area contributed by atoms with Gasteiger partial charge in [0.1, 0.15) is 17.8 Å². The molecule has 134 valence electrons. The summed E-state index contributed by atoms with van der Waals surface area (Å²) in [7, 11) is 0. The molecule has 1 saturated heterocycles. The Kier molecular flexibility index (Phi) is 5.67. The van der Waals surface area contributed by atoms with Crippen molar-refractivity contribution in [3.8, 4) is 0 Å². The van der Waals surface area contributed by atoms with Crippen LogP contribution in [0.15, 0.2) is 41.0 Å². The van der Waals surface area contributed by atoms with Crippen molar-refractivity contribution in [1.29, 1.82) is 0 Å². The van der Waals surface area contributed by atoms with E-state index in [2.05, 4.69) is 15.1 Å². The van der Waals surface area contributed by atoms with Gasteiger partial charge in [-0.05, 0) is 30.3 Å². The average molecular weight is 346 g/mol. The number of piperazine rings is 1. The van der Waals surface area contributed by atoms with Gasteiger partial charge >= 0.3 is 0 Å². The highest BCUT2D eigenvalue weighted by Gasteiger charge is 2.17. The summed E-state index contributed by atoms with van der Waals surface area (Å²) in [5.74, 6) is 0.241. The van der Waals surface area contributed by atoms with Crippen LogP contribution in [0.5, 0.6) is 0 Å². The normalized spacial score (nSPS) is 15.4. The quantitative estimate of drug-likeness (QED) is 0.828. The highest BCUT2D eigenvalue weighted by atomic mass is 19.1. The molecule has 3 rings (SSSR count). The zero-order valence-electron chi connectivity index (χ0n) is 14.1. The molecule has 3 N–H and O–H groups in total. The molecular formula is C18H23FN4O2. The van der Waals surface area contributed by atoms with Crippen LogP contribution in [0.25, 0.3) is 0 Å². The van der Waals surface area contributed by atoms with Crippen molar-refractivity contribution in [3.05, 3.63) is 53.7 Å². The van der Waals surface area contributed by atoms with E-state index < -0.39 is 0 Å². The number of nitrogens with two attached hydrogens (primary N) is 1. The molecule has 0 bridgehead atoms. The summed E-state index contributed by atoms with van der Waals surface area (Å²) in [5.41, 5.74) is 7.01. The third-order valence-electron chi connectivity index (χ3n) is 4.39. The Balaban J connectivity index is 1.39. The lowest BCUT2D eigenvalue weighted by molar-refractivity contribution is 0.0947. The first-order chi connectivity index (χ1) is 12.2. The maximum atomic E-state index is 13.0. The van der Waals surface area contributed by atoms with Crippen LogP contribution in [0, 0.1) is 5.82 Å². The first-order valence-corrected chi connectivity index (χ1v) is 8.44. The Labute approximate surface area is 146 Å². The zero-order chi connectivity index (χ0) is 17.6. The van der Waals surface area contributed by atoms with Crippen LogP contribution in [-0.4, -0.2) is 50.1 Å². The summed E-state index contributed by atoms with van der Waals surface area (Å²) >= 11 is 0. The van der Waals surface area contributed by atoms with Crippen molar-refractivity contribution in [2.45, 2.75) is 6.54 Å². The molecule has 6 nitrogen and oxygen atoms in total. The monoisotopic (exact) mass is 346 g/mol. The highest BCUT2D eigenvalue weighted by molar-refractivity contribution is 5.93. The van der Waals surface area contributed by atoms with Crippen LogP contribution in [0.2, 0.25) is 0 Å². The molecule has 0 atom stereocenters. The number of carbonyl (C=O) groups excluding carboxylic acids is 1. The molecule has 0 spiro atoms. The summed E-state index contributed by atoms with van der Waals surface area (Å²) < 4.78 is 18.2. The molecule has 1 aliphatic rings. The highest BCUT2D eigenvalue weighted by Crippen LogP contribution is 2.16. The molecular weight excluding hydrogens is 323 g/mol. The van der Waals surface area contributed by atoms with Crippen molar-refractivity contribution in [3.63, 3.8) is 0 Å². The summed E-state index contributed by atoms with van der Waals surface area (Å²) in [4.78, 5) is 16.6. The van der Waals surface area contributed by atoms with Gasteiger partial charge in [-0.3, -0.25) is 9.69 Å². The Bertz CT molecular complexity index is 693. The lowest BCUT2D eigenvalue weighted by Gasteiger charge is -2.36. The van der Waals surface area contributed by atoms with Crippen molar-refractivity contribution in [2.24, 2.45) is 5.73 Å². The Morgan fingerprint density at radius 2 is 1.92 bits per heavy atom. The van der Waals surface area contributed by atoms with E-state index in [-0.39, 0.29) is 18.3 Å². The number of benzene rings is 1. The zero-order valence-corrected chi connectivity index (χ0v) is 14.1. The lowest BCUT2D eigenvalue weighted by atomic mass is 10.2. The molecule has 0 radical (unpaired) electrons. The topological polar surface area (TPSA) is 74.7 Å². The Morgan fingerprint density at radius 3 is 2.56 bits per heavy atom. The van der Waals surface area contributed by atoms with E-state index >= 15 is 0 Å². The van der Waals surface area contributed by atoms with Gasteiger partial charge in [-0.25, -0.2) is 4.39 Å². The van der Waals surface area contributed by atoms with Gasteiger partial charge in [-0.2, -0.15) is 0 Å². The smallest absolute Gasteiger partial charge is 0.254 e. The van der Waals surface area contributed by atoms with E-state index in [1.54, 1.807) is 6.07 Å². The molecule has 0 saturated carbocycles. The number of hydrogen-bond acceptors (Lipinski definition) is 5. The van der Waals surface area contributed by atoms with E-state index in [4.69, 9.17) is 10.2 Å². The van der Waals surface area contributed by atoms with Crippen LogP contribution >= 0.6 is 0 Å². The minimum atomic E-state index is -0.214. The largest absolute Gasteiger partial charge is 0.467 e. The van der Waals surface area contributed by atoms with E-state index in [1.807, 2.05) is 12.1 Å². The van der Waals surface area contributed by atoms with E-state index in [0.29, 0.717) is 17.9 Å². The van der Waals surface area contributed by atoms with Crippen molar-refractivity contribution in [1.82, 2.24) is 10.2 Å². The standard InChI is InChI=1S/C18H23FN4O2/c19-15-1-3-16(4-2-15)23-9-7-22(8-10-23)6-5-21-18(24)14-11-17(12-20)25-13-14/h1-4,11,13H,5-10,12,20H2,(H,21,24). The first-order valence-electron chi connectivity index (χ1n) is 8.44. The number of anilines is 1. The molecule has 1 aromatic carbocycles. The molecule has 1 aromatic heterocycles. The van der Waals surface area contributed by atoms with Crippen molar-refractivity contribution >= 4 is 11.6 Å². The maximum Gasteiger partial charge on any atom is 0.254 e. The molecule has 0 unspecified atom stereocenters. The third kappa shape index (κ3) is 4.58. The third-order valence-corrected chi connectivity index (χ3v) is 4.39. The fraction of sp³-hybridized carbons (Fsp3) is 0.389. The van der Waals surface area contributed by atoms with E-state index in [1.165, 1.54) is 18.4 Å². The maximum absolute atomic E-state index is 13.0. The SMILES string of the molecule is NCc1cc(C(=O)NCCN2CCN(c3ccc(F)cc3)CC2)co1. The molecule has 2 heterocycles. The molecule has 25 heavy (non-hydrogen) atoms. The minimum absolute atomic E-state index is 0.145. The van der Waals surface area contributed by atoms with Crippen LogP contribution in [-0.2, 0) is 6.54 Å². The van der Waals surface area contributed by atoms with Gasteiger partial charge in [0.05, 0.1) is 12.1 Å². The molecule has 1 fully saturated rings. The van der Waals surface area contributed by atoms with Gasteiger partial charge in [-0.15, -0.1) is 0 Å². The summed E-state index contributed by atoms with van der Waals surface area (Å²) in [5, 5.41) is 2.90. The summed E-state index contributed by atoms with van der Waals surface area (Å²) in [6, 6.07) is 8.26. The van der Waals surface area contributed by atoms with Gasteiger partial charge in [0, 0.05) is 45.0 Å². The number of nitrogens with zero attached hydrogens (tertiary/aromatic N) is 2. The minimum Gasteiger partial charge on any atom is -0.467 e. The van der Waals surface area contributed by atoms with Crippen LogP contribution in [0.1, 0.15) is 16.1 Å². The molecule has 2 aromatic rings. The average Bonchev–Trinajstić information content (AvgIpc) is 3.12. The van der Waals surface area contributed by atoms with Gasteiger partial charge < -0.3 is 20.4 Å². The van der Waals surface area contributed by atoms with Gasteiger partial charge in [0.2, 0.25) is 0 Å². The van der Waals surface area contributed by atoms with Crippen LogP contribution < -0.4 is 16.0 Å². The number of furan rings is 1. The molecule has 1 aliphatic heterocycles. The fourth-order valence-corrected chi connectivity index (χ4v) is 2.92. The number of carbonyl (C=O) groups is 1. The number of nitrogens with one attached hydrogen (secondary N) is 1.